The van der Waals surface area contributed by atoms with E-state index in [-0.39, 0.29) is 0 Å². The van der Waals surface area contributed by atoms with Gasteiger partial charge in [-0.2, -0.15) is 0 Å². The van der Waals surface area contributed by atoms with Crippen molar-refractivity contribution in [2.45, 2.75) is 0 Å². The number of hydrogen-bond acceptors (Lipinski definition) is 7. The molecule has 3 rings (SSSR count). The molecule has 0 saturated carbocycles. The van der Waals surface area contributed by atoms with Gasteiger partial charge in [-0.15, -0.1) is 11.3 Å². The van der Waals surface area contributed by atoms with E-state index < -0.39 is 11.9 Å². The standard InChI is InChI=1S/C20H16O6S/c1-23-13-3-7-15(8-4-13)25-19(21)17-11-12-18(27-17)20(22)26-16-9-5-14(24-2)6-10-16/h3-12H,1-2H3. The number of carbonyl (C=O) groups is 2. The second-order valence-corrected chi connectivity index (χ2v) is 6.38. The van der Waals surface area contributed by atoms with Crippen LogP contribution in [0.1, 0.15) is 19.3 Å². The van der Waals surface area contributed by atoms with E-state index in [1.54, 1.807) is 62.8 Å². The van der Waals surface area contributed by atoms with Gasteiger partial charge in [0.2, 0.25) is 0 Å². The first-order chi connectivity index (χ1) is 13.1. The third-order valence-corrected chi connectivity index (χ3v) is 4.59. The first kappa shape index (κ1) is 18.5. The van der Waals surface area contributed by atoms with Crippen molar-refractivity contribution in [1.82, 2.24) is 0 Å². The summed E-state index contributed by atoms with van der Waals surface area (Å²) in [6.07, 6.45) is 0. The number of esters is 2. The number of ether oxygens (including phenoxy) is 4. The summed E-state index contributed by atoms with van der Waals surface area (Å²) in [6.45, 7) is 0. The first-order valence-electron chi connectivity index (χ1n) is 7.91. The number of thiophene rings is 1. The van der Waals surface area contributed by atoms with Gasteiger partial charge >= 0.3 is 11.9 Å². The van der Waals surface area contributed by atoms with Crippen molar-refractivity contribution in [3.05, 3.63) is 70.4 Å². The Balaban J connectivity index is 1.63. The zero-order chi connectivity index (χ0) is 19.2. The molecule has 2 aromatic carbocycles. The molecule has 0 unspecified atom stereocenters. The Bertz CT molecular complexity index is 852. The molecule has 0 atom stereocenters. The van der Waals surface area contributed by atoms with Crippen LogP contribution in [0.4, 0.5) is 0 Å². The summed E-state index contributed by atoms with van der Waals surface area (Å²) in [5.41, 5.74) is 0. The van der Waals surface area contributed by atoms with Crippen LogP contribution in [0.5, 0.6) is 23.0 Å². The minimum atomic E-state index is -0.548. The third kappa shape index (κ3) is 4.65. The smallest absolute Gasteiger partial charge is 0.353 e. The number of carbonyl (C=O) groups excluding carboxylic acids is 2. The highest BCUT2D eigenvalue weighted by atomic mass is 32.1. The van der Waals surface area contributed by atoms with Crippen molar-refractivity contribution in [2.75, 3.05) is 14.2 Å². The Kier molecular flexibility index (Phi) is 5.73. The van der Waals surface area contributed by atoms with Gasteiger partial charge in [-0.3, -0.25) is 0 Å². The minimum Gasteiger partial charge on any atom is -0.497 e. The molecule has 0 bridgehead atoms. The molecule has 0 spiro atoms. The number of rotatable bonds is 6. The quantitative estimate of drug-likeness (QED) is 0.468. The lowest BCUT2D eigenvalue weighted by molar-refractivity contribution is 0.0732. The number of hydrogen-bond donors (Lipinski definition) is 0. The largest absolute Gasteiger partial charge is 0.497 e. The molecule has 0 amide bonds. The van der Waals surface area contributed by atoms with E-state index in [0.29, 0.717) is 32.8 Å². The lowest BCUT2D eigenvalue weighted by atomic mass is 10.3. The molecule has 138 valence electrons. The average Bonchev–Trinajstić information content (AvgIpc) is 3.20. The normalized spacial score (nSPS) is 10.1. The predicted molar refractivity (Wildman–Crippen MR) is 100 cm³/mol. The monoisotopic (exact) mass is 384 g/mol. The fourth-order valence-corrected chi connectivity index (χ4v) is 2.92. The zero-order valence-corrected chi connectivity index (χ0v) is 15.4. The molecule has 0 aliphatic carbocycles. The maximum atomic E-state index is 12.2. The molecule has 3 aromatic rings. The van der Waals surface area contributed by atoms with Gasteiger partial charge in [0.25, 0.3) is 0 Å². The van der Waals surface area contributed by atoms with Crippen LogP contribution in [0.2, 0.25) is 0 Å². The van der Waals surface area contributed by atoms with Crippen molar-refractivity contribution < 1.29 is 28.5 Å². The van der Waals surface area contributed by atoms with Gasteiger partial charge in [0, 0.05) is 0 Å². The van der Waals surface area contributed by atoms with E-state index in [4.69, 9.17) is 18.9 Å². The molecule has 0 aliphatic rings. The maximum Gasteiger partial charge on any atom is 0.353 e. The van der Waals surface area contributed by atoms with Crippen molar-refractivity contribution >= 4 is 23.3 Å². The van der Waals surface area contributed by atoms with Crippen LogP contribution in [-0.4, -0.2) is 26.2 Å². The van der Waals surface area contributed by atoms with Gasteiger partial charge in [-0.25, -0.2) is 9.59 Å². The summed E-state index contributed by atoms with van der Waals surface area (Å²) in [7, 11) is 3.11. The van der Waals surface area contributed by atoms with Crippen molar-refractivity contribution in [3.8, 4) is 23.0 Å². The Morgan fingerprint density at radius 1 is 0.593 bits per heavy atom. The van der Waals surface area contributed by atoms with Crippen LogP contribution in [0.25, 0.3) is 0 Å². The molecule has 1 aromatic heterocycles. The number of methoxy groups -OCH3 is 2. The topological polar surface area (TPSA) is 71.1 Å². The van der Waals surface area contributed by atoms with Gasteiger partial charge in [0.1, 0.15) is 32.8 Å². The molecule has 0 fully saturated rings. The van der Waals surface area contributed by atoms with Crippen LogP contribution in [-0.2, 0) is 0 Å². The summed E-state index contributed by atoms with van der Waals surface area (Å²) < 4.78 is 20.7. The van der Waals surface area contributed by atoms with Gasteiger partial charge in [-0.1, -0.05) is 0 Å². The highest BCUT2D eigenvalue weighted by molar-refractivity contribution is 7.15. The molecule has 1 heterocycles. The molecule has 6 nitrogen and oxygen atoms in total. The predicted octanol–water partition coefficient (Wildman–Crippen LogP) is 4.20. The van der Waals surface area contributed by atoms with E-state index in [1.165, 1.54) is 12.1 Å². The Morgan fingerprint density at radius 3 is 1.26 bits per heavy atom. The van der Waals surface area contributed by atoms with Crippen molar-refractivity contribution in [2.24, 2.45) is 0 Å². The summed E-state index contributed by atoms with van der Waals surface area (Å²) in [5.74, 6) is 0.999. The van der Waals surface area contributed by atoms with Crippen LogP contribution in [0.15, 0.2) is 60.7 Å². The highest BCUT2D eigenvalue weighted by Gasteiger charge is 2.17. The third-order valence-electron chi connectivity index (χ3n) is 3.55. The second-order valence-electron chi connectivity index (χ2n) is 5.29. The Labute approximate surface area is 159 Å². The summed E-state index contributed by atoms with van der Waals surface area (Å²) >= 11 is 1.00. The SMILES string of the molecule is COc1ccc(OC(=O)c2ccc(C(=O)Oc3ccc(OC)cc3)s2)cc1. The van der Waals surface area contributed by atoms with Crippen LogP contribution < -0.4 is 18.9 Å². The fourth-order valence-electron chi connectivity index (χ4n) is 2.16. The van der Waals surface area contributed by atoms with Crippen molar-refractivity contribution in [3.63, 3.8) is 0 Å². The molecular weight excluding hydrogens is 368 g/mol. The van der Waals surface area contributed by atoms with Crippen LogP contribution in [0.3, 0.4) is 0 Å². The van der Waals surface area contributed by atoms with E-state index in [9.17, 15) is 9.59 Å². The van der Waals surface area contributed by atoms with Gasteiger partial charge in [-0.05, 0) is 60.7 Å². The van der Waals surface area contributed by atoms with E-state index in [1.807, 2.05) is 0 Å². The molecule has 0 aliphatic heterocycles. The number of benzene rings is 2. The van der Waals surface area contributed by atoms with E-state index >= 15 is 0 Å². The van der Waals surface area contributed by atoms with Crippen LogP contribution in [0, 0.1) is 0 Å². The summed E-state index contributed by atoms with van der Waals surface area (Å²) in [6, 6.07) is 16.3. The molecule has 0 saturated heterocycles. The lowest BCUT2D eigenvalue weighted by Gasteiger charge is -2.04. The van der Waals surface area contributed by atoms with E-state index in [0.717, 1.165) is 11.3 Å². The maximum absolute atomic E-state index is 12.2. The molecule has 27 heavy (non-hydrogen) atoms. The van der Waals surface area contributed by atoms with E-state index in [2.05, 4.69) is 0 Å². The van der Waals surface area contributed by atoms with Crippen LogP contribution >= 0.6 is 11.3 Å². The molecular formula is C20H16O6S. The summed E-state index contributed by atoms with van der Waals surface area (Å²) in [5, 5.41) is 0. The highest BCUT2D eigenvalue weighted by Crippen LogP contribution is 2.23. The lowest BCUT2D eigenvalue weighted by Crippen LogP contribution is -2.07. The Hall–Kier alpha value is -3.32. The first-order valence-corrected chi connectivity index (χ1v) is 8.73. The van der Waals surface area contributed by atoms with Gasteiger partial charge in [0.05, 0.1) is 14.2 Å². The minimum absolute atomic E-state index is 0.299. The molecule has 7 heteroatoms. The van der Waals surface area contributed by atoms with Crippen molar-refractivity contribution in [1.29, 1.82) is 0 Å². The molecule has 0 radical (unpaired) electrons. The van der Waals surface area contributed by atoms with Gasteiger partial charge < -0.3 is 18.9 Å². The fraction of sp³-hybridized carbons (Fsp3) is 0.100. The second kappa shape index (κ2) is 8.37. The summed E-state index contributed by atoms with van der Waals surface area (Å²) in [4.78, 5) is 25.0. The Morgan fingerprint density at radius 2 is 0.926 bits per heavy atom. The zero-order valence-electron chi connectivity index (χ0n) is 14.6. The average molecular weight is 384 g/mol. The molecule has 0 N–H and O–H groups in total. The van der Waals surface area contributed by atoms with Gasteiger partial charge in [0.15, 0.2) is 0 Å².